The maximum Gasteiger partial charge on any atom is 0.0509 e. The normalized spacial score (nSPS) is 23.7. The highest BCUT2D eigenvalue weighted by Crippen LogP contribution is 2.22. The van der Waals surface area contributed by atoms with Crippen LogP contribution in [0.25, 0.3) is 0 Å². The third kappa shape index (κ3) is 4.35. The summed E-state index contributed by atoms with van der Waals surface area (Å²) < 4.78 is 5.55. The van der Waals surface area contributed by atoms with Crippen LogP contribution in [-0.2, 0) is 4.74 Å². The van der Waals surface area contributed by atoms with Gasteiger partial charge in [-0.05, 0) is 38.1 Å². The van der Waals surface area contributed by atoms with E-state index in [0.29, 0.717) is 12.0 Å². The maximum absolute atomic E-state index is 5.55. The van der Waals surface area contributed by atoms with Gasteiger partial charge in [-0.1, -0.05) is 26.0 Å². The first-order valence-electron chi connectivity index (χ1n) is 6.25. The van der Waals surface area contributed by atoms with E-state index in [4.69, 9.17) is 4.74 Å². The van der Waals surface area contributed by atoms with Gasteiger partial charge in [0.1, 0.15) is 0 Å². The summed E-state index contributed by atoms with van der Waals surface area (Å²) in [4.78, 5) is 0. The predicted molar refractivity (Wildman–Crippen MR) is 65.1 cm³/mol. The lowest BCUT2D eigenvalue weighted by atomic mass is 9.89. The zero-order chi connectivity index (χ0) is 11.1. The first kappa shape index (κ1) is 12.7. The van der Waals surface area contributed by atoms with E-state index < -0.39 is 0 Å². The largest absolute Gasteiger partial charge is 0.381 e. The van der Waals surface area contributed by atoms with Crippen LogP contribution in [-0.4, -0.2) is 25.8 Å². The molecule has 2 heteroatoms. The Balaban J connectivity index is 2.43. The molecule has 0 amide bonds. The summed E-state index contributed by atoms with van der Waals surface area (Å²) in [6, 6.07) is 0.572. The van der Waals surface area contributed by atoms with E-state index in [-0.39, 0.29) is 0 Å². The standard InChI is InChI=1S/C13H25NO/c1-4-11(3)9-13(14-5-2)12-7-6-8-15-10-12/h12-14H,3-10H2,1-2H3. The molecule has 0 spiro atoms. The van der Waals surface area contributed by atoms with Crippen molar-refractivity contribution in [3.8, 4) is 0 Å². The topological polar surface area (TPSA) is 21.3 Å². The fourth-order valence-corrected chi connectivity index (χ4v) is 2.21. The summed E-state index contributed by atoms with van der Waals surface area (Å²) >= 11 is 0. The fourth-order valence-electron chi connectivity index (χ4n) is 2.21. The predicted octanol–water partition coefficient (Wildman–Crippen LogP) is 2.75. The second kappa shape index (κ2) is 7.02. The molecule has 1 aliphatic rings. The highest BCUT2D eigenvalue weighted by Gasteiger charge is 2.23. The Bertz CT molecular complexity index is 185. The molecule has 2 unspecified atom stereocenters. The molecule has 1 saturated heterocycles. The average molecular weight is 211 g/mol. The van der Waals surface area contributed by atoms with Gasteiger partial charge in [-0.25, -0.2) is 0 Å². The van der Waals surface area contributed by atoms with Gasteiger partial charge in [0.25, 0.3) is 0 Å². The van der Waals surface area contributed by atoms with E-state index in [1.807, 2.05) is 0 Å². The maximum atomic E-state index is 5.55. The summed E-state index contributed by atoms with van der Waals surface area (Å²) in [5.74, 6) is 0.682. The van der Waals surface area contributed by atoms with Gasteiger partial charge in [0.15, 0.2) is 0 Å². The highest BCUT2D eigenvalue weighted by molar-refractivity contribution is 4.98. The van der Waals surface area contributed by atoms with Crippen molar-refractivity contribution >= 4 is 0 Å². The van der Waals surface area contributed by atoms with Crippen LogP contribution in [0.1, 0.15) is 39.5 Å². The van der Waals surface area contributed by atoms with Crippen LogP contribution in [0.2, 0.25) is 0 Å². The van der Waals surface area contributed by atoms with E-state index in [9.17, 15) is 0 Å². The lowest BCUT2D eigenvalue weighted by molar-refractivity contribution is 0.0395. The van der Waals surface area contributed by atoms with Crippen molar-refractivity contribution in [2.45, 2.75) is 45.6 Å². The van der Waals surface area contributed by atoms with Gasteiger partial charge in [0.2, 0.25) is 0 Å². The Morgan fingerprint density at radius 3 is 2.87 bits per heavy atom. The van der Waals surface area contributed by atoms with E-state index >= 15 is 0 Å². The molecule has 2 nitrogen and oxygen atoms in total. The summed E-state index contributed by atoms with van der Waals surface area (Å²) in [5.41, 5.74) is 1.35. The average Bonchev–Trinajstić information content (AvgIpc) is 2.29. The Kier molecular flexibility index (Phi) is 5.96. The molecule has 1 aliphatic heterocycles. The molecule has 1 N–H and O–H groups in total. The van der Waals surface area contributed by atoms with Crippen molar-refractivity contribution in [1.82, 2.24) is 5.32 Å². The fraction of sp³-hybridized carbons (Fsp3) is 0.846. The third-order valence-electron chi connectivity index (χ3n) is 3.24. The van der Waals surface area contributed by atoms with Gasteiger partial charge >= 0.3 is 0 Å². The van der Waals surface area contributed by atoms with Crippen LogP contribution >= 0.6 is 0 Å². The molecule has 0 aromatic rings. The van der Waals surface area contributed by atoms with Gasteiger partial charge in [-0.3, -0.25) is 0 Å². The summed E-state index contributed by atoms with van der Waals surface area (Å²) in [6.07, 6.45) is 4.72. The van der Waals surface area contributed by atoms with E-state index in [1.54, 1.807) is 0 Å². The molecule has 0 bridgehead atoms. The first-order valence-corrected chi connectivity index (χ1v) is 6.25. The van der Waals surface area contributed by atoms with Crippen molar-refractivity contribution < 1.29 is 4.74 Å². The molecule has 1 rings (SSSR count). The number of hydrogen-bond donors (Lipinski definition) is 1. The molecule has 1 heterocycles. The minimum absolute atomic E-state index is 0.572. The minimum Gasteiger partial charge on any atom is -0.381 e. The van der Waals surface area contributed by atoms with E-state index in [0.717, 1.165) is 32.6 Å². The molecule has 0 saturated carbocycles. The number of rotatable bonds is 6. The van der Waals surface area contributed by atoms with Gasteiger partial charge in [-0.15, -0.1) is 0 Å². The van der Waals surface area contributed by atoms with Crippen molar-refractivity contribution in [2.24, 2.45) is 5.92 Å². The van der Waals surface area contributed by atoms with Crippen LogP contribution in [0.5, 0.6) is 0 Å². The summed E-state index contributed by atoms with van der Waals surface area (Å²) in [5, 5.41) is 3.58. The molecule has 0 aliphatic carbocycles. The SMILES string of the molecule is C=C(CC)CC(NCC)C1CCCOC1. The number of hydrogen-bond acceptors (Lipinski definition) is 2. The smallest absolute Gasteiger partial charge is 0.0509 e. The van der Waals surface area contributed by atoms with Crippen LogP contribution < -0.4 is 5.32 Å². The third-order valence-corrected chi connectivity index (χ3v) is 3.24. The Morgan fingerprint density at radius 2 is 2.33 bits per heavy atom. The Labute approximate surface area is 94.1 Å². The van der Waals surface area contributed by atoms with Crippen LogP contribution in [0.3, 0.4) is 0 Å². The second-order valence-electron chi connectivity index (χ2n) is 4.45. The number of ether oxygens (including phenoxy) is 1. The highest BCUT2D eigenvalue weighted by atomic mass is 16.5. The minimum atomic E-state index is 0.572. The molecular weight excluding hydrogens is 186 g/mol. The molecule has 88 valence electrons. The van der Waals surface area contributed by atoms with Gasteiger partial charge in [0.05, 0.1) is 6.61 Å². The Morgan fingerprint density at radius 1 is 1.53 bits per heavy atom. The van der Waals surface area contributed by atoms with Crippen LogP contribution in [0, 0.1) is 5.92 Å². The monoisotopic (exact) mass is 211 g/mol. The lowest BCUT2D eigenvalue weighted by Gasteiger charge is -2.31. The van der Waals surface area contributed by atoms with E-state index in [1.165, 1.54) is 18.4 Å². The molecule has 15 heavy (non-hydrogen) atoms. The van der Waals surface area contributed by atoms with Gasteiger partial charge in [-0.2, -0.15) is 0 Å². The number of nitrogens with one attached hydrogen (secondary N) is 1. The molecular formula is C13H25NO. The van der Waals surface area contributed by atoms with Crippen LogP contribution in [0.15, 0.2) is 12.2 Å². The molecule has 0 aromatic heterocycles. The summed E-state index contributed by atoms with van der Waals surface area (Å²) in [6.45, 7) is 11.4. The summed E-state index contributed by atoms with van der Waals surface area (Å²) in [7, 11) is 0. The van der Waals surface area contributed by atoms with Gasteiger partial charge < -0.3 is 10.1 Å². The van der Waals surface area contributed by atoms with Crippen molar-refractivity contribution in [1.29, 1.82) is 0 Å². The second-order valence-corrected chi connectivity index (χ2v) is 4.45. The van der Waals surface area contributed by atoms with E-state index in [2.05, 4.69) is 25.7 Å². The lowest BCUT2D eigenvalue weighted by Crippen LogP contribution is -2.40. The Hall–Kier alpha value is -0.340. The molecule has 0 aromatic carbocycles. The first-order chi connectivity index (χ1) is 7.27. The van der Waals surface area contributed by atoms with Crippen molar-refractivity contribution in [3.63, 3.8) is 0 Å². The molecule has 2 atom stereocenters. The molecule has 0 radical (unpaired) electrons. The van der Waals surface area contributed by atoms with Crippen molar-refractivity contribution in [3.05, 3.63) is 12.2 Å². The van der Waals surface area contributed by atoms with Crippen LogP contribution in [0.4, 0.5) is 0 Å². The van der Waals surface area contributed by atoms with Gasteiger partial charge in [0, 0.05) is 12.6 Å². The van der Waals surface area contributed by atoms with Crippen molar-refractivity contribution in [2.75, 3.05) is 19.8 Å². The quantitative estimate of drug-likeness (QED) is 0.682. The molecule has 1 fully saturated rings. The zero-order valence-electron chi connectivity index (χ0n) is 10.2. The zero-order valence-corrected chi connectivity index (χ0v) is 10.2.